The second kappa shape index (κ2) is 3.62. The molecule has 2 heteroatoms. The lowest BCUT2D eigenvalue weighted by atomic mass is 9.81. The van der Waals surface area contributed by atoms with E-state index in [2.05, 4.69) is 19.1 Å². The molecule has 1 aliphatic rings. The molecule has 2 unspecified atom stereocenters. The van der Waals surface area contributed by atoms with Crippen molar-refractivity contribution in [3.63, 3.8) is 0 Å². The van der Waals surface area contributed by atoms with Crippen molar-refractivity contribution in [2.24, 2.45) is 11.7 Å². The number of methoxy groups -OCH3 is 1. The Hall–Kier alpha value is -1.02. The average Bonchev–Trinajstić information content (AvgIpc) is 2.23. The van der Waals surface area contributed by atoms with Gasteiger partial charge in [0.05, 0.1) is 7.11 Å². The number of hydrogen-bond donors (Lipinski definition) is 1. The van der Waals surface area contributed by atoms with Gasteiger partial charge in [0.1, 0.15) is 5.75 Å². The molecule has 0 spiro atoms. The van der Waals surface area contributed by atoms with Crippen molar-refractivity contribution < 1.29 is 4.74 Å². The molecule has 14 heavy (non-hydrogen) atoms. The summed E-state index contributed by atoms with van der Waals surface area (Å²) in [5, 5.41) is 0. The molecule has 0 saturated carbocycles. The molecule has 1 aromatic carbocycles. The van der Waals surface area contributed by atoms with Crippen LogP contribution >= 0.6 is 0 Å². The minimum atomic E-state index is 0.199. The summed E-state index contributed by atoms with van der Waals surface area (Å²) in [5.41, 5.74) is 8.79. The summed E-state index contributed by atoms with van der Waals surface area (Å²) in [6, 6.07) is 6.41. The highest BCUT2D eigenvalue weighted by atomic mass is 16.5. The lowest BCUT2D eigenvalue weighted by molar-refractivity contribution is 0.399. The van der Waals surface area contributed by atoms with Crippen molar-refractivity contribution in [2.75, 3.05) is 7.11 Å². The third-order valence-electron chi connectivity index (χ3n) is 3.19. The lowest BCUT2D eigenvalue weighted by Crippen LogP contribution is -2.25. The van der Waals surface area contributed by atoms with E-state index in [4.69, 9.17) is 10.5 Å². The largest absolute Gasteiger partial charge is 0.497 e. The summed E-state index contributed by atoms with van der Waals surface area (Å²) < 4.78 is 5.20. The molecule has 2 N–H and O–H groups in total. The van der Waals surface area contributed by atoms with Crippen LogP contribution in [0.3, 0.4) is 0 Å². The SMILES string of the molecule is COc1ccc2c(c1)CCC(C)C2N. The van der Waals surface area contributed by atoms with Gasteiger partial charge in [0, 0.05) is 6.04 Å². The van der Waals surface area contributed by atoms with Gasteiger partial charge in [0.2, 0.25) is 0 Å². The first kappa shape index (κ1) is 9.53. The van der Waals surface area contributed by atoms with E-state index in [1.807, 2.05) is 6.07 Å². The molecule has 0 amide bonds. The monoisotopic (exact) mass is 191 g/mol. The van der Waals surface area contributed by atoms with Crippen LogP contribution in [0.4, 0.5) is 0 Å². The van der Waals surface area contributed by atoms with Crippen LogP contribution in [0.25, 0.3) is 0 Å². The third-order valence-corrected chi connectivity index (χ3v) is 3.19. The van der Waals surface area contributed by atoms with Crippen molar-refractivity contribution >= 4 is 0 Å². The summed E-state index contributed by atoms with van der Waals surface area (Å²) >= 11 is 0. The first-order valence-electron chi connectivity index (χ1n) is 5.14. The van der Waals surface area contributed by atoms with Gasteiger partial charge >= 0.3 is 0 Å². The van der Waals surface area contributed by atoms with Gasteiger partial charge in [-0.2, -0.15) is 0 Å². The Balaban J connectivity index is 2.38. The minimum absolute atomic E-state index is 0.199. The molecule has 0 radical (unpaired) electrons. The molecule has 76 valence electrons. The maximum atomic E-state index is 6.14. The van der Waals surface area contributed by atoms with Crippen LogP contribution in [0, 0.1) is 5.92 Å². The Labute approximate surface area is 85.1 Å². The van der Waals surface area contributed by atoms with Gasteiger partial charge in [-0.15, -0.1) is 0 Å². The number of rotatable bonds is 1. The first-order valence-corrected chi connectivity index (χ1v) is 5.14. The van der Waals surface area contributed by atoms with E-state index in [-0.39, 0.29) is 6.04 Å². The lowest BCUT2D eigenvalue weighted by Gasteiger charge is -2.28. The predicted molar refractivity (Wildman–Crippen MR) is 57.4 cm³/mol. The molecule has 2 atom stereocenters. The Morgan fingerprint density at radius 1 is 1.43 bits per heavy atom. The van der Waals surface area contributed by atoms with Crippen molar-refractivity contribution in [2.45, 2.75) is 25.8 Å². The Bertz CT molecular complexity index is 335. The normalized spacial score (nSPS) is 25.6. The molecular formula is C12H17NO. The van der Waals surface area contributed by atoms with E-state index in [1.165, 1.54) is 17.5 Å². The summed E-state index contributed by atoms with van der Waals surface area (Å²) in [7, 11) is 1.70. The molecule has 0 fully saturated rings. The zero-order valence-electron chi connectivity index (χ0n) is 8.79. The standard InChI is InChI=1S/C12H17NO/c1-8-3-4-9-7-10(14-2)5-6-11(9)12(8)13/h5-8,12H,3-4,13H2,1-2H3. The second-order valence-corrected chi connectivity index (χ2v) is 4.11. The number of ether oxygens (including phenoxy) is 1. The zero-order valence-corrected chi connectivity index (χ0v) is 8.79. The minimum Gasteiger partial charge on any atom is -0.497 e. The third kappa shape index (κ3) is 1.50. The summed E-state index contributed by atoms with van der Waals surface area (Å²) in [6.45, 7) is 2.22. The van der Waals surface area contributed by atoms with E-state index in [1.54, 1.807) is 7.11 Å². The fourth-order valence-corrected chi connectivity index (χ4v) is 2.12. The summed E-state index contributed by atoms with van der Waals surface area (Å²) in [4.78, 5) is 0. The van der Waals surface area contributed by atoms with Crippen LogP contribution in [-0.2, 0) is 6.42 Å². The van der Waals surface area contributed by atoms with Crippen LogP contribution in [0.5, 0.6) is 5.75 Å². The molecule has 0 aliphatic heterocycles. The highest BCUT2D eigenvalue weighted by Crippen LogP contribution is 2.34. The molecule has 0 saturated heterocycles. The second-order valence-electron chi connectivity index (χ2n) is 4.11. The van der Waals surface area contributed by atoms with Crippen LogP contribution in [-0.4, -0.2) is 7.11 Å². The van der Waals surface area contributed by atoms with E-state index in [0.29, 0.717) is 5.92 Å². The predicted octanol–water partition coefficient (Wildman–Crippen LogP) is 2.28. The Kier molecular flexibility index (Phi) is 2.46. The number of aryl methyl sites for hydroxylation is 1. The van der Waals surface area contributed by atoms with E-state index >= 15 is 0 Å². The highest BCUT2D eigenvalue weighted by Gasteiger charge is 2.23. The maximum Gasteiger partial charge on any atom is 0.119 e. The molecular weight excluding hydrogens is 174 g/mol. The fraction of sp³-hybridized carbons (Fsp3) is 0.500. The van der Waals surface area contributed by atoms with Crippen molar-refractivity contribution in [1.29, 1.82) is 0 Å². The summed E-state index contributed by atoms with van der Waals surface area (Å²) in [6.07, 6.45) is 2.31. The molecule has 0 bridgehead atoms. The van der Waals surface area contributed by atoms with Gasteiger partial charge in [-0.25, -0.2) is 0 Å². The molecule has 1 aliphatic carbocycles. The smallest absolute Gasteiger partial charge is 0.119 e. The van der Waals surface area contributed by atoms with Gasteiger partial charge in [-0.05, 0) is 42.0 Å². The number of benzene rings is 1. The number of fused-ring (bicyclic) bond motifs is 1. The van der Waals surface area contributed by atoms with Crippen LogP contribution in [0.15, 0.2) is 18.2 Å². The molecule has 0 aromatic heterocycles. The van der Waals surface area contributed by atoms with Gasteiger partial charge in [0.25, 0.3) is 0 Å². The molecule has 0 heterocycles. The number of nitrogens with two attached hydrogens (primary N) is 1. The van der Waals surface area contributed by atoms with Crippen molar-refractivity contribution in [3.05, 3.63) is 29.3 Å². The van der Waals surface area contributed by atoms with Crippen molar-refractivity contribution in [1.82, 2.24) is 0 Å². The average molecular weight is 191 g/mol. The fourth-order valence-electron chi connectivity index (χ4n) is 2.12. The van der Waals surface area contributed by atoms with Crippen LogP contribution in [0.2, 0.25) is 0 Å². The Morgan fingerprint density at radius 2 is 2.21 bits per heavy atom. The maximum absolute atomic E-state index is 6.14. The molecule has 2 rings (SSSR count). The van der Waals surface area contributed by atoms with Gasteiger partial charge in [-0.3, -0.25) is 0 Å². The van der Waals surface area contributed by atoms with E-state index < -0.39 is 0 Å². The van der Waals surface area contributed by atoms with E-state index in [0.717, 1.165) is 12.2 Å². The highest BCUT2D eigenvalue weighted by molar-refractivity contribution is 5.39. The van der Waals surface area contributed by atoms with Crippen LogP contribution < -0.4 is 10.5 Å². The van der Waals surface area contributed by atoms with E-state index in [9.17, 15) is 0 Å². The van der Waals surface area contributed by atoms with Gasteiger partial charge in [0.15, 0.2) is 0 Å². The molecule has 2 nitrogen and oxygen atoms in total. The van der Waals surface area contributed by atoms with Crippen molar-refractivity contribution in [3.8, 4) is 5.75 Å². The zero-order chi connectivity index (χ0) is 10.1. The number of hydrogen-bond acceptors (Lipinski definition) is 2. The summed E-state index contributed by atoms with van der Waals surface area (Å²) in [5.74, 6) is 1.53. The molecule has 1 aromatic rings. The van der Waals surface area contributed by atoms with Gasteiger partial charge in [-0.1, -0.05) is 13.0 Å². The van der Waals surface area contributed by atoms with Gasteiger partial charge < -0.3 is 10.5 Å². The quantitative estimate of drug-likeness (QED) is 0.739. The first-order chi connectivity index (χ1) is 6.72. The Morgan fingerprint density at radius 3 is 2.93 bits per heavy atom. The topological polar surface area (TPSA) is 35.2 Å². The van der Waals surface area contributed by atoms with Crippen LogP contribution in [0.1, 0.15) is 30.5 Å².